The van der Waals surface area contributed by atoms with Gasteiger partial charge in [-0.1, -0.05) is 231 Å². The lowest BCUT2D eigenvalue weighted by atomic mass is 9.85. The molecule has 0 spiro atoms. The summed E-state index contributed by atoms with van der Waals surface area (Å²) in [6, 6.07) is 87.3. The lowest BCUT2D eigenvalue weighted by Gasteiger charge is -2.18. The van der Waals surface area contributed by atoms with Gasteiger partial charge in [-0.05, 0) is 174 Å². The Morgan fingerprint density at radius 3 is 0.957 bits per heavy atom. The Bertz CT molecular complexity index is 4780. The van der Waals surface area contributed by atoms with Gasteiger partial charge in [0.05, 0.1) is 0 Å². The number of rotatable bonds is 4. The molecule has 0 atom stereocenters. The van der Waals surface area contributed by atoms with Gasteiger partial charge in [-0.15, -0.1) is 0 Å². The average molecular weight is 879 g/mol. The van der Waals surface area contributed by atoms with Crippen LogP contribution < -0.4 is 0 Å². The van der Waals surface area contributed by atoms with E-state index >= 15 is 0 Å². The molecule has 0 unspecified atom stereocenters. The highest BCUT2D eigenvalue weighted by Gasteiger charge is 2.30. The summed E-state index contributed by atoms with van der Waals surface area (Å²) >= 11 is 0. The van der Waals surface area contributed by atoms with Crippen LogP contribution >= 0.6 is 0 Å². The maximum Gasteiger partial charge on any atom is -0.000717 e. The molecule has 318 valence electrons. The summed E-state index contributed by atoms with van der Waals surface area (Å²) in [5.41, 5.74) is 10.1. The van der Waals surface area contributed by atoms with Gasteiger partial charge in [0.25, 0.3) is 0 Å². The Labute approximate surface area is 402 Å². The molecule has 0 heterocycles. The largest absolute Gasteiger partial charge is 0.0622 e. The van der Waals surface area contributed by atoms with Crippen molar-refractivity contribution in [1.29, 1.82) is 0 Å². The third kappa shape index (κ3) is 4.52. The molecule has 0 heteroatoms. The molecule has 0 saturated heterocycles. The van der Waals surface area contributed by atoms with Crippen molar-refractivity contribution < 1.29 is 0 Å². The van der Waals surface area contributed by atoms with Crippen molar-refractivity contribution in [2.75, 3.05) is 0 Å². The fraction of sp³-hybridized carbons (Fsp3) is 0. The predicted octanol–water partition coefficient (Wildman–Crippen LogP) is 19.9. The first-order chi connectivity index (χ1) is 34.8. The second-order valence-electron chi connectivity index (χ2n) is 19.6. The number of benzene rings is 15. The summed E-state index contributed by atoms with van der Waals surface area (Å²) in [6.45, 7) is 0. The molecule has 17 rings (SSSR count). The van der Waals surface area contributed by atoms with Crippen LogP contribution in [0.3, 0.4) is 0 Å². The highest BCUT2D eigenvalue weighted by Crippen LogP contribution is 2.58. The predicted molar refractivity (Wildman–Crippen MR) is 303 cm³/mol. The highest BCUT2D eigenvalue weighted by molar-refractivity contribution is 6.51. The molecule has 0 amide bonds. The molecule has 70 heavy (non-hydrogen) atoms. The maximum atomic E-state index is 2.47. The second kappa shape index (κ2) is 13.3. The van der Waals surface area contributed by atoms with Crippen LogP contribution in [0, 0.1) is 0 Å². The van der Waals surface area contributed by atoms with Crippen molar-refractivity contribution in [3.8, 4) is 44.5 Å². The molecular formula is C70H38. The van der Waals surface area contributed by atoms with E-state index in [4.69, 9.17) is 0 Å². The monoisotopic (exact) mass is 878 g/mol. The van der Waals surface area contributed by atoms with E-state index in [0.29, 0.717) is 0 Å². The molecule has 17 aromatic carbocycles. The van der Waals surface area contributed by atoms with Gasteiger partial charge < -0.3 is 0 Å². The van der Waals surface area contributed by atoms with E-state index in [9.17, 15) is 0 Å². The van der Waals surface area contributed by atoms with Gasteiger partial charge in [0.1, 0.15) is 0 Å². The van der Waals surface area contributed by atoms with E-state index in [-0.39, 0.29) is 0 Å². The fourth-order valence-electron chi connectivity index (χ4n) is 13.8. The molecule has 0 nitrogen and oxygen atoms in total. The Morgan fingerprint density at radius 2 is 0.471 bits per heavy atom. The second-order valence-corrected chi connectivity index (χ2v) is 19.6. The molecule has 0 fully saturated rings. The van der Waals surface area contributed by atoms with Gasteiger partial charge in [-0.2, -0.15) is 0 Å². The summed E-state index contributed by atoms with van der Waals surface area (Å²) in [5, 5.41) is 31.9. The minimum atomic E-state index is 1.23. The summed E-state index contributed by atoms with van der Waals surface area (Å²) in [6.07, 6.45) is 0. The first-order valence-corrected chi connectivity index (χ1v) is 24.6. The molecular weight excluding hydrogens is 841 g/mol. The van der Waals surface area contributed by atoms with E-state index in [1.165, 1.54) is 174 Å². The van der Waals surface area contributed by atoms with Crippen molar-refractivity contribution in [2.24, 2.45) is 0 Å². The van der Waals surface area contributed by atoms with Gasteiger partial charge in [0.15, 0.2) is 0 Å². The first-order valence-electron chi connectivity index (χ1n) is 24.6. The van der Waals surface area contributed by atoms with Crippen LogP contribution in [0.1, 0.15) is 0 Å². The summed E-state index contributed by atoms with van der Waals surface area (Å²) in [7, 11) is 0. The topological polar surface area (TPSA) is 0 Å². The summed E-state index contributed by atoms with van der Waals surface area (Å²) < 4.78 is 0. The maximum absolute atomic E-state index is 2.47. The van der Waals surface area contributed by atoms with Gasteiger partial charge in [0, 0.05) is 0 Å². The summed E-state index contributed by atoms with van der Waals surface area (Å²) in [4.78, 5) is 0. The van der Waals surface area contributed by atoms with Gasteiger partial charge in [-0.25, -0.2) is 0 Å². The van der Waals surface area contributed by atoms with Crippen molar-refractivity contribution >= 4 is 129 Å². The molecule has 0 bridgehead atoms. The standard InChI is InChI=1S/C70H38/c1-4-15-39(16-5-1)43-23-10-11-24-44(43)45-29-30-50-54-34-38-58-66-57(37-33-53(64(54)66)49-28-14-27-46(45)62(49)50)69-60(41-17-6-2-7-18-41)67-55-35-31-51-47-25-12-21-40-22-13-26-48(59(40)47)52-32-36-56(65(55)63(51)52)68(67)61(70(58)69)42-19-8-3-9-20-42/h1-38H. The number of hydrogen-bond donors (Lipinski definition) is 0. The molecule has 0 aromatic heterocycles. The molecule has 0 saturated carbocycles. The van der Waals surface area contributed by atoms with Crippen LogP contribution in [0.25, 0.3) is 174 Å². The summed E-state index contributed by atoms with van der Waals surface area (Å²) in [5.74, 6) is 0. The van der Waals surface area contributed by atoms with E-state index in [0.717, 1.165) is 0 Å². The van der Waals surface area contributed by atoms with E-state index in [1.54, 1.807) is 0 Å². The first kappa shape index (κ1) is 37.0. The van der Waals surface area contributed by atoms with Crippen LogP contribution in [0.2, 0.25) is 0 Å². The molecule has 0 N–H and O–H groups in total. The smallest absolute Gasteiger partial charge is 0.000717 e. The lowest BCUT2D eigenvalue weighted by molar-refractivity contribution is 1.60. The van der Waals surface area contributed by atoms with Crippen LogP contribution in [-0.4, -0.2) is 0 Å². The van der Waals surface area contributed by atoms with Crippen LogP contribution in [0.5, 0.6) is 0 Å². The number of fused-ring (bicyclic) bond motifs is 10. The minimum Gasteiger partial charge on any atom is -0.0622 e. The lowest BCUT2D eigenvalue weighted by Crippen LogP contribution is -1.90. The molecule has 17 aromatic rings. The highest BCUT2D eigenvalue weighted by atomic mass is 14.3. The normalized spacial score (nSPS) is 12.6. The Morgan fingerprint density at radius 1 is 0.143 bits per heavy atom. The SMILES string of the molecule is c1ccc(-c2ccccc2-c2ccc3c4ccc5c6c(-c7ccccc7)c7c8ccc9c%10cccc%11cccc(c%12ccc(c7c(-c7ccccc7)c6c6ccc(c7cccc2c73)c4c65)c8c%129)c%11%10)cc1. The molecule has 0 radical (unpaired) electrons. The third-order valence-electron chi connectivity index (χ3n) is 16.4. The zero-order chi connectivity index (χ0) is 45.3. The third-order valence-corrected chi connectivity index (χ3v) is 16.4. The minimum absolute atomic E-state index is 1.23. The van der Waals surface area contributed by atoms with Gasteiger partial charge >= 0.3 is 0 Å². The van der Waals surface area contributed by atoms with Crippen molar-refractivity contribution in [3.63, 3.8) is 0 Å². The van der Waals surface area contributed by atoms with Crippen LogP contribution in [-0.2, 0) is 0 Å². The zero-order valence-electron chi connectivity index (χ0n) is 37.9. The molecule has 0 aliphatic carbocycles. The fourth-order valence-corrected chi connectivity index (χ4v) is 13.8. The van der Waals surface area contributed by atoms with Crippen molar-refractivity contribution in [1.82, 2.24) is 0 Å². The van der Waals surface area contributed by atoms with E-state index < -0.39 is 0 Å². The van der Waals surface area contributed by atoms with Crippen molar-refractivity contribution in [2.45, 2.75) is 0 Å². The van der Waals surface area contributed by atoms with Gasteiger partial charge in [0.2, 0.25) is 0 Å². The zero-order valence-corrected chi connectivity index (χ0v) is 37.9. The Kier molecular flexibility index (Phi) is 7.03. The van der Waals surface area contributed by atoms with E-state index in [2.05, 4.69) is 231 Å². The van der Waals surface area contributed by atoms with E-state index in [1.807, 2.05) is 0 Å². The number of hydrogen-bond acceptors (Lipinski definition) is 0. The van der Waals surface area contributed by atoms with Crippen LogP contribution in [0.4, 0.5) is 0 Å². The quantitative estimate of drug-likeness (QED) is 0.122. The molecule has 0 aliphatic heterocycles. The van der Waals surface area contributed by atoms with Crippen LogP contribution in [0.15, 0.2) is 231 Å². The van der Waals surface area contributed by atoms with Crippen molar-refractivity contribution in [3.05, 3.63) is 231 Å². The Hall–Kier alpha value is -9.10. The van der Waals surface area contributed by atoms with Gasteiger partial charge in [-0.3, -0.25) is 0 Å². The molecule has 0 aliphatic rings. The Balaban J connectivity index is 1.06. The average Bonchev–Trinajstić information content (AvgIpc) is 3.95.